The summed E-state index contributed by atoms with van der Waals surface area (Å²) >= 11 is 0. The van der Waals surface area contributed by atoms with Gasteiger partial charge in [0.25, 0.3) is 0 Å². The number of nitrogens with zero attached hydrogens (tertiary/aromatic N) is 1. The van der Waals surface area contributed by atoms with Crippen LogP contribution in [0.4, 0.5) is 4.79 Å². The third-order valence-corrected chi connectivity index (χ3v) is 16.2. The van der Waals surface area contributed by atoms with Crippen LogP contribution in [0.15, 0.2) is 72.3 Å². The number of aliphatic hydroxyl groups is 2. The van der Waals surface area contributed by atoms with Crippen LogP contribution in [-0.4, -0.2) is 51.8 Å². The van der Waals surface area contributed by atoms with Crippen LogP contribution in [0.3, 0.4) is 0 Å². The highest BCUT2D eigenvalue weighted by Gasteiger charge is 2.59. The van der Waals surface area contributed by atoms with Crippen molar-refractivity contribution in [3.05, 3.63) is 89.0 Å². The molecule has 0 spiro atoms. The first kappa shape index (κ1) is 39.0. The van der Waals surface area contributed by atoms with E-state index < -0.39 is 17.1 Å². The molecule has 6 nitrogen and oxygen atoms in total. The number of rotatable bonds is 7. The molecule has 6 saturated carbocycles. The van der Waals surface area contributed by atoms with Crippen LogP contribution in [0.5, 0.6) is 5.75 Å². The number of benzene rings is 3. The Morgan fingerprint density at radius 1 is 0.825 bits per heavy atom. The Hall–Kier alpha value is -3.48. The summed E-state index contributed by atoms with van der Waals surface area (Å²) in [6, 6.07) is 20.4. The van der Waals surface area contributed by atoms with Gasteiger partial charge in [0, 0.05) is 23.4 Å². The van der Waals surface area contributed by atoms with Crippen molar-refractivity contribution in [2.24, 2.45) is 34.5 Å². The van der Waals surface area contributed by atoms with Gasteiger partial charge in [-0.15, -0.1) is 0 Å². The molecule has 0 aromatic heterocycles. The lowest BCUT2D eigenvalue weighted by Crippen LogP contribution is -2.58. The molecule has 6 fully saturated rings. The Morgan fingerprint density at radius 3 is 2.28 bits per heavy atom. The first-order chi connectivity index (χ1) is 27.5. The van der Waals surface area contributed by atoms with Crippen LogP contribution in [-0.2, 0) is 6.42 Å². The van der Waals surface area contributed by atoms with E-state index >= 15 is 0 Å². The third kappa shape index (κ3) is 7.75. The van der Waals surface area contributed by atoms with Gasteiger partial charge < -0.3 is 19.8 Å². The van der Waals surface area contributed by atoms with E-state index in [1.807, 2.05) is 41.3 Å². The Kier molecular flexibility index (Phi) is 10.7. The molecule has 57 heavy (non-hydrogen) atoms. The van der Waals surface area contributed by atoms with Crippen molar-refractivity contribution in [1.29, 1.82) is 0 Å². The van der Waals surface area contributed by atoms with E-state index in [1.54, 1.807) is 0 Å². The van der Waals surface area contributed by atoms with Gasteiger partial charge in [-0.2, -0.15) is 0 Å². The Balaban J connectivity index is 1.08. The Bertz CT molecular complexity index is 1980. The van der Waals surface area contributed by atoms with Gasteiger partial charge in [0.2, 0.25) is 0 Å². The molecule has 0 saturated heterocycles. The first-order valence-electron chi connectivity index (χ1n) is 22.7. The normalized spacial score (nSPS) is 34.1. The van der Waals surface area contributed by atoms with E-state index in [-0.39, 0.29) is 35.7 Å². The number of amides is 1. The number of Topliss-reactive ketones (excluding diaryl/α,β-unsaturated/α-hetero) is 1. The smallest absolute Gasteiger partial charge is 0.410 e. The maximum atomic E-state index is 14.7. The number of ether oxygens (including phenoxy) is 1. The van der Waals surface area contributed by atoms with Crippen LogP contribution in [0.2, 0.25) is 0 Å². The lowest BCUT2D eigenvalue weighted by atomic mass is 9.49. The molecule has 0 heterocycles. The first-order valence-corrected chi connectivity index (χ1v) is 22.7. The summed E-state index contributed by atoms with van der Waals surface area (Å²) in [6.07, 6.45) is 19.0. The van der Waals surface area contributed by atoms with Gasteiger partial charge in [-0.1, -0.05) is 80.3 Å². The number of carbonyl (C=O) groups excluding carboxylic acids is 2. The Morgan fingerprint density at radius 2 is 1.54 bits per heavy atom. The highest BCUT2D eigenvalue weighted by molar-refractivity contribution is 5.99. The molecular formula is C51H65NO5. The van der Waals surface area contributed by atoms with Crippen LogP contribution in [0.25, 0.3) is 10.8 Å². The molecule has 0 aliphatic heterocycles. The standard InChI is InChI=1S/C51H65NO5/c1-34-9-8-21-49(2)46(44-19-15-35(26-42(53)17-14-34)27-45(44)47(54)40-11-4-3-5-12-40)20-22-51(49,56)33-52(32-50-29-36-23-37(30-50)25-38(24-36)31-50)48(55)57-43-18-16-39-10-6-7-13-41(39)28-43/h6-7,9-10,13,15-16,18-19,27-28,36-38,40,42,46,53,56H,3-5,8,11-12,14,17,20-26,29-33H2,1-2H3/t36?,37?,38?,42-,46-,49-,50?,51+/m0/s1. The molecule has 1 amide bonds. The number of carbonyl (C=O) groups is 2. The minimum Gasteiger partial charge on any atom is -0.410 e. The SMILES string of the molecule is CC1=CCC[C@@]2(C)[C@@H](CC[C@@]2(O)CN(CC23CC4CC(CC(C4)C2)C3)C(=O)Oc2ccc3ccccc3c2)c2ccc(cc2C(=O)C2CCCCC2)C[C@@H](O)CC1. The molecule has 3 aromatic rings. The minimum atomic E-state index is -1.19. The molecule has 4 atom stereocenters. The summed E-state index contributed by atoms with van der Waals surface area (Å²) in [5.41, 5.74) is 2.38. The van der Waals surface area contributed by atoms with Crippen molar-refractivity contribution in [2.75, 3.05) is 13.1 Å². The fourth-order valence-electron chi connectivity index (χ4n) is 13.6. The van der Waals surface area contributed by atoms with Crippen molar-refractivity contribution in [3.8, 4) is 5.75 Å². The number of hydrogen-bond acceptors (Lipinski definition) is 5. The molecule has 8 aliphatic carbocycles. The van der Waals surface area contributed by atoms with Crippen molar-refractivity contribution < 1.29 is 24.5 Å². The molecule has 11 rings (SSSR count). The van der Waals surface area contributed by atoms with Crippen molar-refractivity contribution in [2.45, 2.75) is 147 Å². The largest absolute Gasteiger partial charge is 0.415 e. The fraction of sp³-hybridized carbons (Fsp3) is 0.608. The molecule has 304 valence electrons. The maximum absolute atomic E-state index is 14.7. The lowest BCUT2D eigenvalue weighted by Gasteiger charge is -2.58. The molecule has 3 aromatic carbocycles. The van der Waals surface area contributed by atoms with Gasteiger partial charge in [0.1, 0.15) is 5.75 Å². The lowest BCUT2D eigenvalue weighted by molar-refractivity contribution is -0.101. The van der Waals surface area contributed by atoms with E-state index in [2.05, 4.69) is 44.2 Å². The zero-order chi connectivity index (χ0) is 39.4. The predicted octanol–water partition coefficient (Wildman–Crippen LogP) is 11.4. The zero-order valence-corrected chi connectivity index (χ0v) is 34.5. The molecule has 0 radical (unpaired) electrons. The van der Waals surface area contributed by atoms with Crippen LogP contribution in [0, 0.1) is 34.5 Å². The second kappa shape index (κ2) is 15.6. The third-order valence-electron chi connectivity index (χ3n) is 16.2. The topological polar surface area (TPSA) is 87.1 Å². The number of ketones is 1. The van der Waals surface area contributed by atoms with E-state index in [0.717, 1.165) is 116 Å². The summed E-state index contributed by atoms with van der Waals surface area (Å²) in [4.78, 5) is 31.3. The number of aliphatic hydroxyl groups excluding tert-OH is 1. The van der Waals surface area contributed by atoms with Gasteiger partial charge >= 0.3 is 6.09 Å². The molecule has 0 unspecified atom stereocenters. The van der Waals surface area contributed by atoms with Crippen LogP contribution >= 0.6 is 0 Å². The van der Waals surface area contributed by atoms with Crippen molar-refractivity contribution >= 4 is 22.6 Å². The highest BCUT2D eigenvalue weighted by Crippen LogP contribution is 2.62. The summed E-state index contributed by atoms with van der Waals surface area (Å²) < 4.78 is 6.32. The van der Waals surface area contributed by atoms with Gasteiger partial charge in [0.05, 0.1) is 18.2 Å². The van der Waals surface area contributed by atoms with E-state index in [1.165, 1.54) is 31.3 Å². The molecule has 2 N–H and O–H groups in total. The summed E-state index contributed by atoms with van der Waals surface area (Å²) in [5.74, 6) is 2.96. The van der Waals surface area contributed by atoms with Crippen LogP contribution < -0.4 is 4.74 Å². The zero-order valence-electron chi connectivity index (χ0n) is 34.5. The monoisotopic (exact) mass is 771 g/mol. The van der Waals surface area contributed by atoms with Gasteiger partial charge in [-0.3, -0.25) is 4.79 Å². The molecular weight excluding hydrogens is 707 g/mol. The summed E-state index contributed by atoms with van der Waals surface area (Å²) in [7, 11) is 0. The average molecular weight is 772 g/mol. The quantitative estimate of drug-likeness (QED) is 0.184. The fourth-order valence-corrected chi connectivity index (χ4v) is 13.6. The molecule has 6 bridgehead atoms. The summed E-state index contributed by atoms with van der Waals surface area (Å²) in [5, 5.41) is 26.6. The van der Waals surface area contributed by atoms with Gasteiger partial charge in [0.15, 0.2) is 5.78 Å². The number of hydrogen-bond donors (Lipinski definition) is 2. The number of allylic oxidation sites excluding steroid dienone is 2. The minimum absolute atomic E-state index is 0.0225. The van der Waals surface area contributed by atoms with E-state index in [0.29, 0.717) is 31.6 Å². The summed E-state index contributed by atoms with van der Waals surface area (Å²) in [6.45, 7) is 5.24. The van der Waals surface area contributed by atoms with Crippen molar-refractivity contribution in [3.63, 3.8) is 0 Å². The second-order valence-corrected chi connectivity index (χ2v) is 20.3. The van der Waals surface area contributed by atoms with Gasteiger partial charge in [-0.25, -0.2) is 4.79 Å². The highest BCUT2D eigenvalue weighted by atomic mass is 16.6. The maximum Gasteiger partial charge on any atom is 0.415 e. The number of fused-ring (bicyclic) bond motifs is 9. The predicted molar refractivity (Wildman–Crippen MR) is 226 cm³/mol. The van der Waals surface area contributed by atoms with Crippen molar-refractivity contribution in [1.82, 2.24) is 4.90 Å². The average Bonchev–Trinajstić information content (AvgIpc) is 3.44. The van der Waals surface area contributed by atoms with Crippen LogP contribution in [0.1, 0.15) is 150 Å². The van der Waals surface area contributed by atoms with Gasteiger partial charge in [-0.05, 0) is 172 Å². The Labute approximate surface area is 340 Å². The van der Waals surface area contributed by atoms with E-state index in [9.17, 15) is 19.8 Å². The molecule has 6 heteroatoms. The second-order valence-electron chi connectivity index (χ2n) is 20.3. The molecule has 8 aliphatic rings. The van der Waals surface area contributed by atoms with E-state index in [4.69, 9.17) is 4.74 Å².